The van der Waals surface area contributed by atoms with E-state index in [-0.39, 0.29) is 11.8 Å². The fraction of sp³-hybridized carbons (Fsp3) is 1.00. The van der Waals surface area contributed by atoms with E-state index in [9.17, 15) is 13.5 Å². The first-order chi connectivity index (χ1) is 8.41. The third-order valence-electron chi connectivity index (χ3n) is 4.41. The van der Waals surface area contributed by atoms with E-state index < -0.39 is 15.6 Å². The maximum Gasteiger partial charge on any atom is 0.214 e. The molecule has 2 N–H and O–H groups in total. The zero-order chi connectivity index (χ0) is 13.2. The van der Waals surface area contributed by atoms with Crippen LogP contribution in [0.4, 0.5) is 0 Å². The van der Waals surface area contributed by atoms with Crippen molar-refractivity contribution in [3.63, 3.8) is 0 Å². The number of nitrogens with one attached hydrogen (secondary N) is 1. The molecule has 0 aromatic rings. The van der Waals surface area contributed by atoms with E-state index in [4.69, 9.17) is 0 Å². The van der Waals surface area contributed by atoms with E-state index in [0.717, 1.165) is 38.5 Å². The van der Waals surface area contributed by atoms with Crippen molar-refractivity contribution in [3.8, 4) is 0 Å². The van der Waals surface area contributed by atoms with Gasteiger partial charge in [0.15, 0.2) is 0 Å². The van der Waals surface area contributed by atoms with Crippen LogP contribution in [0.5, 0.6) is 0 Å². The molecule has 0 aromatic heterocycles. The monoisotopic (exact) mass is 275 g/mol. The van der Waals surface area contributed by atoms with E-state index in [2.05, 4.69) is 11.6 Å². The molecule has 106 valence electrons. The molecule has 0 aliphatic heterocycles. The van der Waals surface area contributed by atoms with E-state index in [0.29, 0.717) is 18.8 Å². The van der Waals surface area contributed by atoms with Gasteiger partial charge in [-0.1, -0.05) is 32.6 Å². The third-order valence-corrected chi connectivity index (χ3v) is 6.31. The topological polar surface area (TPSA) is 66.4 Å². The van der Waals surface area contributed by atoms with Crippen molar-refractivity contribution in [1.82, 2.24) is 4.72 Å². The van der Waals surface area contributed by atoms with Crippen LogP contribution in [0.1, 0.15) is 58.3 Å². The van der Waals surface area contributed by atoms with Gasteiger partial charge in [-0.25, -0.2) is 13.1 Å². The minimum absolute atomic E-state index is 0.191. The summed E-state index contributed by atoms with van der Waals surface area (Å²) in [5.74, 6) is 0.486. The fourth-order valence-corrected chi connectivity index (χ4v) is 5.00. The number of hydrogen-bond acceptors (Lipinski definition) is 3. The largest absolute Gasteiger partial charge is 0.389 e. The quantitative estimate of drug-likeness (QED) is 0.822. The molecule has 2 fully saturated rings. The summed E-state index contributed by atoms with van der Waals surface area (Å²) < 4.78 is 26.8. The zero-order valence-corrected chi connectivity index (χ0v) is 12.0. The molecule has 0 saturated heterocycles. The summed E-state index contributed by atoms with van der Waals surface area (Å²) in [4.78, 5) is 0. The van der Waals surface area contributed by atoms with Crippen LogP contribution in [0.2, 0.25) is 0 Å². The average Bonchev–Trinajstić information content (AvgIpc) is 2.80. The molecular weight excluding hydrogens is 250 g/mol. The Morgan fingerprint density at radius 2 is 1.89 bits per heavy atom. The normalized spacial score (nSPS) is 34.9. The summed E-state index contributed by atoms with van der Waals surface area (Å²) in [6.45, 7) is 2.31. The molecule has 0 spiro atoms. The van der Waals surface area contributed by atoms with E-state index in [1.807, 2.05) is 0 Å². The van der Waals surface area contributed by atoms with Gasteiger partial charge in [0.05, 0.1) is 10.9 Å². The lowest BCUT2D eigenvalue weighted by Crippen LogP contribution is -2.47. The van der Waals surface area contributed by atoms with Crippen molar-refractivity contribution in [2.75, 3.05) is 6.54 Å². The second-order valence-electron chi connectivity index (χ2n) is 6.20. The first kappa shape index (κ1) is 14.3. The van der Waals surface area contributed by atoms with Gasteiger partial charge in [-0.05, 0) is 31.6 Å². The highest BCUT2D eigenvalue weighted by Crippen LogP contribution is 2.32. The number of rotatable bonds is 4. The molecule has 18 heavy (non-hydrogen) atoms. The van der Waals surface area contributed by atoms with E-state index in [1.165, 1.54) is 0 Å². The Hall–Kier alpha value is -0.130. The molecule has 2 aliphatic rings. The van der Waals surface area contributed by atoms with Crippen LogP contribution in [0.15, 0.2) is 0 Å². The lowest BCUT2D eigenvalue weighted by Gasteiger charge is -2.35. The Morgan fingerprint density at radius 3 is 2.50 bits per heavy atom. The summed E-state index contributed by atoms with van der Waals surface area (Å²) in [7, 11) is -3.22. The summed E-state index contributed by atoms with van der Waals surface area (Å²) in [5.41, 5.74) is -0.830. The SMILES string of the molecule is CC1CCCC(O)(CNS(=O)(=O)C2CCCC2)C1. The van der Waals surface area contributed by atoms with Crippen molar-refractivity contribution in [2.45, 2.75) is 69.1 Å². The molecule has 2 unspecified atom stereocenters. The molecule has 0 radical (unpaired) electrons. The highest BCUT2D eigenvalue weighted by molar-refractivity contribution is 7.90. The molecule has 2 atom stereocenters. The molecule has 0 heterocycles. The standard InChI is InChI=1S/C13H25NO3S/c1-11-5-4-8-13(15,9-11)10-14-18(16,17)12-6-2-3-7-12/h11-12,14-15H,2-10H2,1H3. The second kappa shape index (κ2) is 5.47. The summed E-state index contributed by atoms with van der Waals surface area (Å²) in [6.07, 6.45) is 7.10. The van der Waals surface area contributed by atoms with Crippen LogP contribution >= 0.6 is 0 Å². The molecule has 0 aromatic carbocycles. The Balaban J connectivity index is 1.90. The zero-order valence-electron chi connectivity index (χ0n) is 11.2. The Bertz CT molecular complexity index is 376. The van der Waals surface area contributed by atoms with Crippen LogP contribution in [0.3, 0.4) is 0 Å². The number of aliphatic hydroxyl groups is 1. The number of sulfonamides is 1. The minimum Gasteiger partial charge on any atom is -0.389 e. The van der Waals surface area contributed by atoms with Crippen molar-refractivity contribution in [2.24, 2.45) is 5.92 Å². The van der Waals surface area contributed by atoms with Gasteiger partial charge in [-0.15, -0.1) is 0 Å². The van der Waals surface area contributed by atoms with Crippen LogP contribution in [0.25, 0.3) is 0 Å². The van der Waals surface area contributed by atoms with Gasteiger partial charge in [-0.3, -0.25) is 0 Å². The predicted octanol–water partition coefficient (Wildman–Crippen LogP) is 1.79. The minimum atomic E-state index is -3.22. The summed E-state index contributed by atoms with van der Waals surface area (Å²) in [5, 5.41) is 10.2. The maximum absolute atomic E-state index is 12.1. The van der Waals surface area contributed by atoms with Crippen molar-refractivity contribution >= 4 is 10.0 Å². The molecule has 2 rings (SSSR count). The highest BCUT2D eigenvalue weighted by atomic mass is 32.2. The van der Waals surface area contributed by atoms with Crippen LogP contribution in [-0.2, 0) is 10.0 Å². The molecule has 0 bridgehead atoms. The molecule has 0 amide bonds. The second-order valence-corrected chi connectivity index (χ2v) is 8.24. The van der Waals surface area contributed by atoms with E-state index in [1.54, 1.807) is 0 Å². The van der Waals surface area contributed by atoms with Gasteiger partial charge < -0.3 is 5.11 Å². The van der Waals surface area contributed by atoms with Gasteiger partial charge in [-0.2, -0.15) is 0 Å². The van der Waals surface area contributed by atoms with Crippen molar-refractivity contribution in [3.05, 3.63) is 0 Å². The summed E-state index contributed by atoms with van der Waals surface area (Å²) in [6, 6.07) is 0. The van der Waals surface area contributed by atoms with E-state index >= 15 is 0 Å². The van der Waals surface area contributed by atoms with Crippen LogP contribution in [0, 0.1) is 5.92 Å². The van der Waals surface area contributed by atoms with Gasteiger partial charge in [0, 0.05) is 6.54 Å². The smallest absolute Gasteiger partial charge is 0.214 e. The highest BCUT2D eigenvalue weighted by Gasteiger charge is 2.35. The van der Waals surface area contributed by atoms with Crippen molar-refractivity contribution in [1.29, 1.82) is 0 Å². The first-order valence-electron chi connectivity index (χ1n) is 7.12. The Labute approximate surface area is 110 Å². The van der Waals surface area contributed by atoms with Gasteiger partial charge in [0.1, 0.15) is 0 Å². The maximum atomic E-state index is 12.1. The Morgan fingerprint density at radius 1 is 1.22 bits per heavy atom. The molecule has 5 heteroatoms. The first-order valence-corrected chi connectivity index (χ1v) is 8.67. The fourth-order valence-electron chi connectivity index (χ4n) is 3.34. The van der Waals surface area contributed by atoms with Gasteiger partial charge >= 0.3 is 0 Å². The molecular formula is C13H25NO3S. The molecule has 2 saturated carbocycles. The van der Waals surface area contributed by atoms with Gasteiger partial charge in [0.25, 0.3) is 0 Å². The van der Waals surface area contributed by atoms with Crippen molar-refractivity contribution < 1.29 is 13.5 Å². The lowest BCUT2D eigenvalue weighted by atomic mass is 9.79. The molecule has 4 nitrogen and oxygen atoms in total. The van der Waals surface area contributed by atoms with Gasteiger partial charge in [0.2, 0.25) is 10.0 Å². The third kappa shape index (κ3) is 3.45. The Kier molecular flexibility index (Phi) is 4.34. The van der Waals surface area contributed by atoms with Crippen LogP contribution < -0.4 is 4.72 Å². The predicted molar refractivity (Wildman–Crippen MR) is 71.8 cm³/mol. The lowest BCUT2D eigenvalue weighted by molar-refractivity contribution is -0.00755. The van der Waals surface area contributed by atoms with Crippen LogP contribution in [-0.4, -0.2) is 30.9 Å². The summed E-state index contributed by atoms with van der Waals surface area (Å²) >= 11 is 0. The number of hydrogen-bond donors (Lipinski definition) is 2. The molecule has 2 aliphatic carbocycles. The average molecular weight is 275 g/mol.